The molecule has 0 saturated heterocycles. The van der Waals surface area contributed by atoms with Gasteiger partial charge in [-0.25, -0.2) is 4.98 Å². The predicted octanol–water partition coefficient (Wildman–Crippen LogP) is 2.02. The van der Waals surface area contributed by atoms with Crippen molar-refractivity contribution in [1.82, 2.24) is 15.2 Å². The molecule has 4 nitrogen and oxygen atoms in total. The van der Waals surface area contributed by atoms with E-state index in [4.69, 9.17) is 12.2 Å². The third kappa shape index (κ3) is 1.71. The fourth-order valence-corrected chi connectivity index (χ4v) is 1.40. The topological polar surface area (TPSA) is 53.6 Å². The van der Waals surface area contributed by atoms with Crippen LogP contribution in [0.1, 0.15) is 0 Å². The first-order valence-electron chi connectivity index (χ1n) is 3.95. The monoisotopic (exact) mass is 224 g/mol. The molecule has 0 atom stereocenters. The van der Waals surface area contributed by atoms with Crippen molar-refractivity contribution in [2.24, 2.45) is 0 Å². The van der Waals surface area contributed by atoms with Crippen molar-refractivity contribution >= 4 is 45.2 Å². The van der Waals surface area contributed by atoms with Crippen LogP contribution in [-0.2, 0) is 0 Å². The lowest BCUT2D eigenvalue weighted by Crippen LogP contribution is -2.03. The summed E-state index contributed by atoms with van der Waals surface area (Å²) in [4.78, 5) is 4.10. The number of thiocarbonyl (C=S) groups is 1. The van der Waals surface area contributed by atoms with Crippen molar-refractivity contribution in [3.05, 3.63) is 18.3 Å². The number of hydrogen-bond acceptors (Lipinski definition) is 4. The lowest BCUT2D eigenvalue weighted by atomic mass is 10.3. The molecule has 0 amide bonds. The van der Waals surface area contributed by atoms with Gasteiger partial charge in [-0.05, 0) is 18.4 Å². The summed E-state index contributed by atoms with van der Waals surface area (Å²) in [7, 11) is 0. The van der Waals surface area contributed by atoms with E-state index in [1.165, 1.54) is 11.8 Å². The molecule has 2 rings (SSSR count). The van der Waals surface area contributed by atoms with Crippen LogP contribution in [0.15, 0.2) is 18.3 Å². The van der Waals surface area contributed by atoms with Crippen LogP contribution in [0.4, 0.5) is 5.82 Å². The average molecular weight is 224 g/mol. The number of H-pyrrole nitrogens is 1. The number of nitrogens with zero attached hydrogens (tertiary/aromatic N) is 2. The highest BCUT2D eigenvalue weighted by Gasteiger charge is 2.05. The molecule has 6 heteroatoms. The van der Waals surface area contributed by atoms with Crippen LogP contribution >= 0.6 is 24.0 Å². The van der Waals surface area contributed by atoms with Crippen LogP contribution in [0.2, 0.25) is 0 Å². The highest BCUT2D eigenvalue weighted by atomic mass is 32.2. The summed E-state index contributed by atoms with van der Waals surface area (Å²) >= 11 is 6.53. The molecule has 0 aliphatic carbocycles. The van der Waals surface area contributed by atoms with Gasteiger partial charge in [-0.2, -0.15) is 5.10 Å². The van der Waals surface area contributed by atoms with E-state index in [2.05, 4.69) is 20.5 Å². The summed E-state index contributed by atoms with van der Waals surface area (Å²) in [6.07, 6.45) is 3.63. The maximum absolute atomic E-state index is 5.05. The summed E-state index contributed by atoms with van der Waals surface area (Å²) < 4.78 is 0.708. The van der Waals surface area contributed by atoms with E-state index in [0.29, 0.717) is 9.97 Å². The Hall–Kier alpha value is -1.14. The van der Waals surface area contributed by atoms with Crippen LogP contribution in [0.5, 0.6) is 0 Å². The van der Waals surface area contributed by atoms with Gasteiger partial charge in [0.2, 0.25) is 0 Å². The Balaban J connectivity index is 2.38. The van der Waals surface area contributed by atoms with Crippen molar-refractivity contribution in [3.8, 4) is 0 Å². The number of thioether (sulfide) groups is 1. The molecular weight excluding hydrogens is 216 g/mol. The summed E-state index contributed by atoms with van der Waals surface area (Å²) in [5, 5.41) is 10.9. The molecule has 2 aromatic rings. The van der Waals surface area contributed by atoms with Gasteiger partial charge >= 0.3 is 0 Å². The van der Waals surface area contributed by atoms with Crippen LogP contribution < -0.4 is 5.32 Å². The summed E-state index contributed by atoms with van der Waals surface area (Å²) in [6.45, 7) is 0. The summed E-state index contributed by atoms with van der Waals surface area (Å²) in [5.74, 6) is 0.799. The third-order valence-electron chi connectivity index (χ3n) is 1.74. The standard InChI is InChI=1S/C8H8N4S2/c1-14-8(13)10-7-5-3-2-4-9-6(5)11-12-7/h2-4H,1H3,(H2,9,10,11,12,13). The van der Waals surface area contributed by atoms with E-state index in [1.54, 1.807) is 6.20 Å². The van der Waals surface area contributed by atoms with Crippen molar-refractivity contribution < 1.29 is 0 Å². The quantitative estimate of drug-likeness (QED) is 0.726. The molecule has 0 saturated carbocycles. The maximum atomic E-state index is 5.05. The van der Waals surface area contributed by atoms with Gasteiger partial charge in [0.1, 0.15) is 10.1 Å². The minimum Gasteiger partial charge on any atom is -0.326 e. The summed E-state index contributed by atoms with van der Waals surface area (Å²) in [5.41, 5.74) is 0.693. The highest BCUT2D eigenvalue weighted by Crippen LogP contribution is 2.18. The lowest BCUT2D eigenvalue weighted by molar-refractivity contribution is 1.10. The van der Waals surface area contributed by atoms with Crippen LogP contribution in [0.3, 0.4) is 0 Å². The second kappa shape index (κ2) is 3.93. The fourth-order valence-electron chi connectivity index (χ4n) is 1.10. The molecule has 72 valence electrons. The van der Waals surface area contributed by atoms with Gasteiger partial charge in [0.15, 0.2) is 5.65 Å². The molecule has 0 aliphatic heterocycles. The van der Waals surface area contributed by atoms with Crippen LogP contribution in [0, 0.1) is 0 Å². The highest BCUT2D eigenvalue weighted by molar-refractivity contribution is 8.22. The Labute approximate surface area is 90.5 Å². The van der Waals surface area contributed by atoms with Gasteiger partial charge in [0, 0.05) is 6.20 Å². The fraction of sp³-hybridized carbons (Fsp3) is 0.125. The molecule has 2 aromatic heterocycles. The smallest absolute Gasteiger partial charge is 0.183 e. The molecule has 0 spiro atoms. The van der Waals surface area contributed by atoms with Gasteiger partial charge in [0.25, 0.3) is 0 Å². The Bertz CT molecular complexity index is 465. The number of pyridine rings is 1. The number of aromatic amines is 1. The summed E-state index contributed by atoms with van der Waals surface area (Å²) in [6, 6.07) is 3.81. The third-order valence-corrected chi connectivity index (χ3v) is 2.82. The van der Waals surface area contributed by atoms with Crippen LogP contribution in [-0.4, -0.2) is 25.8 Å². The number of nitrogens with one attached hydrogen (secondary N) is 2. The number of fused-ring (bicyclic) bond motifs is 1. The number of aromatic nitrogens is 3. The van der Waals surface area contributed by atoms with Gasteiger partial charge in [-0.3, -0.25) is 5.10 Å². The number of hydrogen-bond donors (Lipinski definition) is 2. The maximum Gasteiger partial charge on any atom is 0.183 e. The van der Waals surface area contributed by atoms with Crippen molar-refractivity contribution in [3.63, 3.8) is 0 Å². The van der Waals surface area contributed by atoms with E-state index >= 15 is 0 Å². The Morgan fingerprint density at radius 3 is 3.29 bits per heavy atom. The van der Waals surface area contributed by atoms with E-state index < -0.39 is 0 Å². The SMILES string of the molecule is CSC(=S)Nc1[nH]nc2ncccc12. The average Bonchev–Trinajstić information content (AvgIpc) is 2.62. The normalized spacial score (nSPS) is 10.4. The number of anilines is 1. The van der Waals surface area contributed by atoms with Crippen LogP contribution in [0.25, 0.3) is 11.0 Å². The molecule has 14 heavy (non-hydrogen) atoms. The van der Waals surface area contributed by atoms with E-state index in [-0.39, 0.29) is 0 Å². The molecule has 0 bridgehead atoms. The van der Waals surface area contributed by atoms with Gasteiger partial charge < -0.3 is 5.32 Å². The number of rotatable bonds is 1. The predicted molar refractivity (Wildman–Crippen MR) is 63.6 cm³/mol. The Morgan fingerprint density at radius 2 is 2.50 bits per heavy atom. The zero-order valence-corrected chi connectivity index (χ0v) is 9.08. The first-order chi connectivity index (χ1) is 6.81. The largest absolute Gasteiger partial charge is 0.326 e. The minimum absolute atomic E-state index is 0.693. The first kappa shape index (κ1) is 9.42. The molecule has 0 aliphatic rings. The molecule has 2 heterocycles. The van der Waals surface area contributed by atoms with Crippen molar-refractivity contribution in [2.45, 2.75) is 0 Å². The second-order valence-electron chi connectivity index (χ2n) is 2.59. The zero-order valence-electron chi connectivity index (χ0n) is 7.44. The molecule has 2 N–H and O–H groups in total. The Kier molecular flexibility index (Phi) is 2.64. The molecule has 0 fully saturated rings. The van der Waals surface area contributed by atoms with Gasteiger partial charge in [-0.1, -0.05) is 12.2 Å². The minimum atomic E-state index is 0.693. The molecule has 0 aromatic carbocycles. The van der Waals surface area contributed by atoms with Crippen molar-refractivity contribution in [1.29, 1.82) is 0 Å². The molecule has 0 unspecified atom stereocenters. The van der Waals surface area contributed by atoms with E-state index in [1.807, 2.05) is 18.4 Å². The lowest BCUT2D eigenvalue weighted by Gasteiger charge is -2.01. The van der Waals surface area contributed by atoms with E-state index in [9.17, 15) is 0 Å². The van der Waals surface area contributed by atoms with E-state index in [0.717, 1.165) is 11.2 Å². The van der Waals surface area contributed by atoms with Gasteiger partial charge in [0.05, 0.1) is 5.39 Å². The second-order valence-corrected chi connectivity index (χ2v) is 4.07. The van der Waals surface area contributed by atoms with Gasteiger partial charge in [-0.15, -0.1) is 11.8 Å². The van der Waals surface area contributed by atoms with Crippen molar-refractivity contribution in [2.75, 3.05) is 11.6 Å². The molecular formula is C8H8N4S2. The molecule has 0 radical (unpaired) electrons. The Morgan fingerprint density at radius 1 is 1.64 bits per heavy atom. The first-order valence-corrected chi connectivity index (χ1v) is 5.58. The zero-order chi connectivity index (χ0) is 9.97.